The largest absolute Gasteiger partial charge is 0.381 e. The molecule has 2 N–H and O–H groups in total. The Morgan fingerprint density at radius 2 is 2.17 bits per heavy atom. The third-order valence-electron chi connectivity index (χ3n) is 3.96. The van der Waals surface area contributed by atoms with Crippen LogP contribution >= 0.6 is 15.9 Å². The molecular weight excluding hydrogens is 298 g/mol. The molecule has 2 fully saturated rings. The lowest BCUT2D eigenvalue weighted by Crippen LogP contribution is -2.44. The number of hydrogen-bond acceptors (Lipinski definition) is 4. The molecule has 0 radical (unpaired) electrons. The first-order valence-corrected chi connectivity index (χ1v) is 7.20. The fourth-order valence-corrected chi connectivity index (χ4v) is 3.18. The lowest BCUT2D eigenvalue weighted by Gasteiger charge is -2.43. The number of nitrogens with zero attached hydrogens (tertiary/aromatic N) is 2. The van der Waals surface area contributed by atoms with E-state index in [0.29, 0.717) is 11.9 Å². The van der Waals surface area contributed by atoms with E-state index < -0.39 is 0 Å². The van der Waals surface area contributed by atoms with Gasteiger partial charge in [-0.2, -0.15) is 5.10 Å². The highest BCUT2D eigenvalue weighted by Gasteiger charge is 2.39. The summed E-state index contributed by atoms with van der Waals surface area (Å²) in [5.41, 5.74) is 5.78. The van der Waals surface area contributed by atoms with Crippen molar-refractivity contribution in [2.45, 2.75) is 37.3 Å². The van der Waals surface area contributed by atoms with Crippen LogP contribution in [0, 0.1) is 0 Å². The number of ether oxygens (including phenoxy) is 2. The number of aromatic nitrogens is 2. The summed E-state index contributed by atoms with van der Waals surface area (Å²) >= 11 is 3.41. The predicted octanol–water partition coefficient (Wildman–Crippen LogP) is 2.13. The minimum absolute atomic E-state index is 0.00560. The van der Waals surface area contributed by atoms with Gasteiger partial charge in [-0.15, -0.1) is 0 Å². The Morgan fingerprint density at radius 3 is 2.83 bits per heavy atom. The van der Waals surface area contributed by atoms with Gasteiger partial charge in [-0.25, -0.2) is 0 Å². The van der Waals surface area contributed by atoms with E-state index in [1.54, 1.807) is 0 Å². The fourth-order valence-electron chi connectivity index (χ4n) is 2.89. The van der Waals surface area contributed by atoms with Gasteiger partial charge in [0.2, 0.25) is 0 Å². The number of anilines is 1. The van der Waals surface area contributed by atoms with Crippen molar-refractivity contribution in [1.29, 1.82) is 0 Å². The maximum atomic E-state index is 6.03. The zero-order valence-corrected chi connectivity index (χ0v) is 11.9. The zero-order chi connectivity index (χ0) is 12.6. The van der Waals surface area contributed by atoms with Crippen molar-refractivity contribution < 1.29 is 9.47 Å². The van der Waals surface area contributed by atoms with E-state index in [1.165, 1.54) is 0 Å². The van der Waals surface area contributed by atoms with E-state index in [1.807, 2.05) is 10.9 Å². The van der Waals surface area contributed by atoms with Crippen LogP contribution in [0.3, 0.4) is 0 Å². The van der Waals surface area contributed by atoms with Gasteiger partial charge in [0.1, 0.15) is 0 Å². The standard InChI is InChI=1S/C12H18BrN3O2/c13-10-8-16(15-11(10)14)9-1-4-18-12(7-9)2-5-17-6-3-12/h8-9H,1-7H2,(H2,14,15). The Bertz CT molecular complexity index is 404. The van der Waals surface area contributed by atoms with Gasteiger partial charge >= 0.3 is 0 Å². The second-order valence-electron chi connectivity index (χ2n) is 5.13. The van der Waals surface area contributed by atoms with Crippen LogP contribution in [0.5, 0.6) is 0 Å². The highest BCUT2D eigenvalue weighted by atomic mass is 79.9. The van der Waals surface area contributed by atoms with Gasteiger partial charge in [-0.05, 0) is 41.6 Å². The Balaban J connectivity index is 1.77. The van der Waals surface area contributed by atoms with Crippen LogP contribution in [-0.2, 0) is 9.47 Å². The molecule has 2 aliphatic rings. The van der Waals surface area contributed by atoms with Crippen molar-refractivity contribution in [3.05, 3.63) is 10.7 Å². The Hall–Kier alpha value is -0.590. The van der Waals surface area contributed by atoms with E-state index in [-0.39, 0.29) is 5.60 Å². The monoisotopic (exact) mass is 315 g/mol. The highest BCUT2D eigenvalue weighted by Crippen LogP contribution is 2.39. The van der Waals surface area contributed by atoms with E-state index in [0.717, 1.165) is 50.0 Å². The van der Waals surface area contributed by atoms with Gasteiger partial charge in [0.25, 0.3) is 0 Å². The lowest BCUT2D eigenvalue weighted by molar-refractivity contribution is -0.145. The maximum Gasteiger partial charge on any atom is 0.159 e. The number of rotatable bonds is 1. The quantitative estimate of drug-likeness (QED) is 0.862. The van der Waals surface area contributed by atoms with Crippen molar-refractivity contribution in [3.63, 3.8) is 0 Å². The normalized spacial score (nSPS) is 27.5. The molecule has 1 spiro atoms. The summed E-state index contributed by atoms with van der Waals surface area (Å²) in [6.07, 6.45) is 5.95. The molecule has 5 nitrogen and oxygen atoms in total. The molecule has 100 valence electrons. The summed E-state index contributed by atoms with van der Waals surface area (Å²) in [7, 11) is 0. The molecule has 0 aromatic carbocycles. The molecule has 0 saturated carbocycles. The van der Waals surface area contributed by atoms with E-state index in [2.05, 4.69) is 21.0 Å². The van der Waals surface area contributed by atoms with Crippen LogP contribution in [0.2, 0.25) is 0 Å². The topological polar surface area (TPSA) is 62.3 Å². The van der Waals surface area contributed by atoms with Gasteiger partial charge in [0.05, 0.1) is 16.1 Å². The average molecular weight is 316 g/mol. The van der Waals surface area contributed by atoms with Crippen LogP contribution in [0.1, 0.15) is 31.7 Å². The Morgan fingerprint density at radius 1 is 1.39 bits per heavy atom. The fraction of sp³-hybridized carbons (Fsp3) is 0.750. The molecule has 6 heteroatoms. The van der Waals surface area contributed by atoms with E-state index in [4.69, 9.17) is 15.2 Å². The molecule has 0 amide bonds. The molecule has 0 aliphatic carbocycles. The van der Waals surface area contributed by atoms with Crippen molar-refractivity contribution in [1.82, 2.24) is 9.78 Å². The van der Waals surface area contributed by atoms with E-state index in [9.17, 15) is 0 Å². The number of nitrogen functional groups attached to an aromatic ring is 1. The minimum Gasteiger partial charge on any atom is -0.381 e. The number of hydrogen-bond donors (Lipinski definition) is 1. The van der Waals surface area contributed by atoms with Crippen LogP contribution in [-0.4, -0.2) is 35.2 Å². The summed E-state index contributed by atoms with van der Waals surface area (Å²) in [6, 6.07) is 0.380. The number of nitrogens with two attached hydrogens (primary N) is 1. The predicted molar refractivity (Wildman–Crippen MR) is 71.3 cm³/mol. The molecular formula is C12H18BrN3O2. The summed E-state index contributed by atoms with van der Waals surface area (Å²) in [5.74, 6) is 0.558. The third-order valence-corrected chi connectivity index (χ3v) is 4.57. The number of halogens is 1. The van der Waals surface area contributed by atoms with Gasteiger partial charge in [-0.3, -0.25) is 4.68 Å². The second-order valence-corrected chi connectivity index (χ2v) is 5.99. The molecule has 3 rings (SSSR count). The third kappa shape index (κ3) is 2.29. The van der Waals surface area contributed by atoms with Crippen molar-refractivity contribution in [2.75, 3.05) is 25.6 Å². The molecule has 1 aromatic heterocycles. The van der Waals surface area contributed by atoms with Gasteiger partial charge in [0.15, 0.2) is 5.82 Å². The minimum atomic E-state index is -0.00560. The summed E-state index contributed by atoms with van der Waals surface area (Å²) < 4.78 is 14.3. The molecule has 1 aromatic rings. The van der Waals surface area contributed by atoms with Crippen molar-refractivity contribution in [3.8, 4) is 0 Å². The first kappa shape index (κ1) is 12.4. The SMILES string of the molecule is Nc1nn(C2CCOC3(CCOCC3)C2)cc1Br. The molecule has 2 aliphatic heterocycles. The molecule has 3 heterocycles. The van der Waals surface area contributed by atoms with Crippen LogP contribution in [0.15, 0.2) is 10.7 Å². The maximum absolute atomic E-state index is 6.03. The molecule has 0 bridgehead atoms. The molecule has 18 heavy (non-hydrogen) atoms. The van der Waals surface area contributed by atoms with Gasteiger partial charge in [0, 0.05) is 26.0 Å². The molecule has 2 saturated heterocycles. The average Bonchev–Trinajstić information content (AvgIpc) is 2.71. The van der Waals surface area contributed by atoms with Crippen molar-refractivity contribution >= 4 is 21.7 Å². The van der Waals surface area contributed by atoms with Crippen LogP contribution in [0.25, 0.3) is 0 Å². The van der Waals surface area contributed by atoms with Gasteiger partial charge in [-0.1, -0.05) is 0 Å². The van der Waals surface area contributed by atoms with E-state index >= 15 is 0 Å². The van der Waals surface area contributed by atoms with Gasteiger partial charge < -0.3 is 15.2 Å². The highest BCUT2D eigenvalue weighted by molar-refractivity contribution is 9.10. The van der Waals surface area contributed by atoms with Crippen LogP contribution in [0.4, 0.5) is 5.82 Å². The molecule has 1 atom stereocenters. The lowest BCUT2D eigenvalue weighted by atomic mass is 9.84. The molecule has 1 unspecified atom stereocenters. The smallest absolute Gasteiger partial charge is 0.159 e. The summed E-state index contributed by atoms with van der Waals surface area (Å²) in [6.45, 7) is 2.40. The first-order chi connectivity index (χ1) is 8.69. The first-order valence-electron chi connectivity index (χ1n) is 6.40. The van der Waals surface area contributed by atoms with Crippen LogP contribution < -0.4 is 5.73 Å². The Kier molecular flexibility index (Phi) is 3.34. The zero-order valence-electron chi connectivity index (χ0n) is 10.3. The summed E-state index contributed by atoms with van der Waals surface area (Å²) in [4.78, 5) is 0. The second kappa shape index (κ2) is 4.83. The summed E-state index contributed by atoms with van der Waals surface area (Å²) in [5, 5.41) is 4.37. The van der Waals surface area contributed by atoms with Crippen molar-refractivity contribution in [2.24, 2.45) is 0 Å². The Labute approximate surface area is 115 Å².